The van der Waals surface area contributed by atoms with Crippen molar-refractivity contribution in [1.82, 2.24) is 0 Å². The van der Waals surface area contributed by atoms with Crippen molar-refractivity contribution in [3.05, 3.63) is 0 Å². The first-order chi connectivity index (χ1) is 11.9. The number of hydrogen-bond donors (Lipinski definition) is 0. The molecule has 8 nitrogen and oxygen atoms in total. The number of rotatable bonds is 4. The quantitative estimate of drug-likeness (QED) is 0.684. The minimum absolute atomic E-state index is 0.275. The lowest BCUT2D eigenvalue weighted by molar-refractivity contribution is -0.170. The molecule has 0 aromatic carbocycles. The summed E-state index contributed by atoms with van der Waals surface area (Å²) in [6.07, 6.45) is 5.05. The molecule has 1 aliphatic heterocycles. The monoisotopic (exact) mass is 376 g/mol. The number of ether oxygens (including phenoxy) is 2. The summed E-state index contributed by atoms with van der Waals surface area (Å²) in [4.78, 5) is 24.6. The van der Waals surface area contributed by atoms with Crippen LogP contribution in [0.25, 0.3) is 0 Å². The lowest BCUT2D eigenvalue weighted by atomic mass is 9.97. The molecule has 0 unspecified atom stereocenters. The third-order valence-corrected chi connectivity index (χ3v) is 5.74. The molecule has 0 radical (unpaired) electrons. The summed E-state index contributed by atoms with van der Waals surface area (Å²) in [7, 11) is -4.42. The van der Waals surface area contributed by atoms with Gasteiger partial charge in [-0.05, 0) is 51.4 Å². The van der Waals surface area contributed by atoms with E-state index in [0.29, 0.717) is 0 Å². The Morgan fingerprint density at radius 3 is 1.40 bits per heavy atom. The predicted octanol–water partition coefficient (Wildman–Crippen LogP) is 1.77. The van der Waals surface area contributed by atoms with Crippen molar-refractivity contribution in [1.29, 1.82) is 0 Å². The van der Waals surface area contributed by atoms with E-state index in [1.165, 1.54) is 0 Å². The molecule has 25 heavy (non-hydrogen) atoms. The number of esters is 2. The molecule has 3 aliphatic rings. The third-order valence-electron chi connectivity index (χ3n) is 4.85. The molecule has 0 aromatic heterocycles. The SMILES string of the molecule is O=C(OC1CCCCC1)[C@@H]1OS(=O)(=O)O[C@H]1C(=O)OC1CCCCC1. The molecule has 0 N–H and O–H groups in total. The molecule has 0 bridgehead atoms. The molecule has 9 heteroatoms. The second-order valence-corrected chi connectivity index (χ2v) is 8.04. The van der Waals surface area contributed by atoms with E-state index < -0.39 is 34.5 Å². The molecule has 3 fully saturated rings. The van der Waals surface area contributed by atoms with Gasteiger partial charge in [0.25, 0.3) is 0 Å². The van der Waals surface area contributed by atoms with E-state index >= 15 is 0 Å². The molecule has 142 valence electrons. The van der Waals surface area contributed by atoms with E-state index in [1.54, 1.807) is 0 Å². The zero-order valence-corrected chi connectivity index (χ0v) is 14.9. The van der Waals surface area contributed by atoms with Crippen molar-refractivity contribution < 1.29 is 35.8 Å². The zero-order valence-electron chi connectivity index (χ0n) is 14.1. The van der Waals surface area contributed by atoms with Crippen LogP contribution in [0.15, 0.2) is 0 Å². The molecule has 0 aromatic rings. The maximum atomic E-state index is 12.3. The predicted molar refractivity (Wildman–Crippen MR) is 84.6 cm³/mol. The van der Waals surface area contributed by atoms with Crippen LogP contribution in [0.2, 0.25) is 0 Å². The van der Waals surface area contributed by atoms with Crippen molar-refractivity contribution in [3.63, 3.8) is 0 Å². The van der Waals surface area contributed by atoms with E-state index in [0.717, 1.165) is 64.2 Å². The summed E-state index contributed by atoms with van der Waals surface area (Å²) < 4.78 is 43.1. The Hall–Kier alpha value is -1.19. The molecule has 2 atom stereocenters. The van der Waals surface area contributed by atoms with Crippen LogP contribution in [0.4, 0.5) is 0 Å². The standard InChI is InChI=1S/C16H24O8S/c17-15(21-11-7-3-1-4-8-11)13-14(24-25(19,20)23-13)16(18)22-12-9-5-2-6-10-12/h11-14H,1-10H2/t13-,14-/m1/s1. The minimum Gasteiger partial charge on any atom is -0.460 e. The number of hydrogen-bond acceptors (Lipinski definition) is 8. The zero-order chi connectivity index (χ0) is 17.9. The molecule has 0 spiro atoms. The van der Waals surface area contributed by atoms with Gasteiger partial charge in [0.1, 0.15) is 12.2 Å². The highest BCUT2D eigenvalue weighted by Crippen LogP contribution is 2.28. The second kappa shape index (κ2) is 8.01. The fourth-order valence-corrected chi connectivity index (χ4v) is 4.44. The Balaban J connectivity index is 1.62. The summed E-state index contributed by atoms with van der Waals surface area (Å²) in [5.74, 6) is -1.78. The topological polar surface area (TPSA) is 105 Å². The van der Waals surface area contributed by atoms with Gasteiger partial charge in [0.15, 0.2) is 0 Å². The van der Waals surface area contributed by atoms with E-state index in [4.69, 9.17) is 9.47 Å². The Kier molecular flexibility index (Phi) is 5.96. The second-order valence-electron chi connectivity index (χ2n) is 6.84. The van der Waals surface area contributed by atoms with E-state index in [9.17, 15) is 18.0 Å². The first-order valence-electron chi connectivity index (χ1n) is 8.97. The van der Waals surface area contributed by atoms with Gasteiger partial charge >= 0.3 is 22.3 Å². The fraction of sp³-hybridized carbons (Fsp3) is 0.875. The van der Waals surface area contributed by atoms with Crippen molar-refractivity contribution in [2.75, 3.05) is 0 Å². The Morgan fingerprint density at radius 2 is 1.04 bits per heavy atom. The average Bonchev–Trinajstić information content (AvgIpc) is 2.93. The van der Waals surface area contributed by atoms with E-state index in [1.807, 2.05) is 0 Å². The van der Waals surface area contributed by atoms with Crippen molar-refractivity contribution in [2.45, 2.75) is 88.6 Å². The van der Waals surface area contributed by atoms with Gasteiger partial charge in [-0.15, -0.1) is 0 Å². The van der Waals surface area contributed by atoms with Crippen molar-refractivity contribution in [3.8, 4) is 0 Å². The number of carbonyl (C=O) groups excluding carboxylic acids is 2. The highest BCUT2D eigenvalue weighted by Gasteiger charge is 2.51. The molecule has 2 aliphatic carbocycles. The van der Waals surface area contributed by atoms with Gasteiger partial charge < -0.3 is 9.47 Å². The van der Waals surface area contributed by atoms with Gasteiger partial charge in [0.2, 0.25) is 12.2 Å². The summed E-state index contributed by atoms with van der Waals surface area (Å²) in [5.41, 5.74) is 0. The van der Waals surface area contributed by atoms with Crippen LogP contribution in [0.5, 0.6) is 0 Å². The van der Waals surface area contributed by atoms with Crippen LogP contribution in [-0.2, 0) is 37.8 Å². The van der Waals surface area contributed by atoms with Crippen LogP contribution in [0.1, 0.15) is 64.2 Å². The van der Waals surface area contributed by atoms with Gasteiger partial charge in [-0.3, -0.25) is 0 Å². The highest BCUT2D eigenvalue weighted by atomic mass is 32.3. The fourth-order valence-electron chi connectivity index (χ4n) is 3.53. The summed E-state index contributed by atoms with van der Waals surface area (Å²) >= 11 is 0. The van der Waals surface area contributed by atoms with Crippen LogP contribution in [0.3, 0.4) is 0 Å². The molecule has 2 saturated carbocycles. The van der Waals surface area contributed by atoms with Gasteiger partial charge in [-0.25, -0.2) is 18.0 Å². The molecular formula is C16H24O8S. The summed E-state index contributed by atoms with van der Waals surface area (Å²) in [6.45, 7) is 0. The lowest BCUT2D eigenvalue weighted by Crippen LogP contribution is -2.42. The van der Waals surface area contributed by atoms with E-state index in [-0.39, 0.29) is 12.2 Å². The third kappa shape index (κ3) is 4.92. The maximum Gasteiger partial charge on any atom is 0.401 e. The highest BCUT2D eigenvalue weighted by molar-refractivity contribution is 7.82. The van der Waals surface area contributed by atoms with Gasteiger partial charge in [0.05, 0.1) is 0 Å². The van der Waals surface area contributed by atoms with Crippen molar-refractivity contribution >= 4 is 22.3 Å². The Labute approximate surface area is 147 Å². The largest absolute Gasteiger partial charge is 0.460 e. The first-order valence-corrected chi connectivity index (χ1v) is 10.3. The minimum atomic E-state index is -4.42. The smallest absolute Gasteiger partial charge is 0.401 e. The number of carbonyl (C=O) groups is 2. The Bertz CT molecular complexity index is 543. The normalized spacial score (nSPS) is 30.7. The van der Waals surface area contributed by atoms with Crippen LogP contribution in [-0.4, -0.2) is 44.8 Å². The van der Waals surface area contributed by atoms with Gasteiger partial charge in [-0.1, -0.05) is 12.8 Å². The van der Waals surface area contributed by atoms with Crippen LogP contribution >= 0.6 is 0 Å². The average molecular weight is 376 g/mol. The Morgan fingerprint density at radius 1 is 0.680 bits per heavy atom. The first kappa shape index (κ1) is 18.6. The molecule has 1 heterocycles. The van der Waals surface area contributed by atoms with Crippen LogP contribution < -0.4 is 0 Å². The van der Waals surface area contributed by atoms with E-state index in [2.05, 4.69) is 8.37 Å². The molecule has 1 saturated heterocycles. The molecular weight excluding hydrogens is 352 g/mol. The summed E-state index contributed by atoms with van der Waals surface area (Å²) in [6, 6.07) is 0. The summed E-state index contributed by atoms with van der Waals surface area (Å²) in [5, 5.41) is 0. The van der Waals surface area contributed by atoms with Crippen molar-refractivity contribution in [2.24, 2.45) is 0 Å². The van der Waals surface area contributed by atoms with Gasteiger partial charge in [-0.2, -0.15) is 8.42 Å². The molecule has 3 rings (SSSR count). The lowest BCUT2D eigenvalue weighted by Gasteiger charge is -2.25. The van der Waals surface area contributed by atoms with Gasteiger partial charge in [0, 0.05) is 0 Å². The maximum absolute atomic E-state index is 12.3. The van der Waals surface area contributed by atoms with Crippen LogP contribution in [0, 0.1) is 0 Å². The molecule has 0 amide bonds.